The fourth-order valence-corrected chi connectivity index (χ4v) is 2.67. The van der Waals surface area contributed by atoms with E-state index in [-0.39, 0.29) is 12.4 Å². The number of hydrogen-bond acceptors (Lipinski definition) is 3. The van der Waals surface area contributed by atoms with Gasteiger partial charge in [-0.3, -0.25) is 4.90 Å². The van der Waals surface area contributed by atoms with Crippen LogP contribution < -0.4 is 0 Å². The highest BCUT2D eigenvalue weighted by Gasteiger charge is 2.07. The van der Waals surface area contributed by atoms with Gasteiger partial charge in [-0.05, 0) is 41.6 Å². The van der Waals surface area contributed by atoms with Crippen LogP contribution in [0.4, 0.5) is 4.39 Å². The topological polar surface area (TPSA) is 23.5 Å². The Hall–Kier alpha value is -1.67. The van der Waals surface area contributed by atoms with E-state index >= 15 is 0 Å². The summed E-state index contributed by atoms with van der Waals surface area (Å²) in [5, 5.41) is 12.8. The molecule has 1 N–H and O–H groups in total. The Labute approximate surface area is 128 Å². The predicted molar refractivity (Wildman–Crippen MR) is 84.5 cm³/mol. The van der Waals surface area contributed by atoms with Crippen molar-refractivity contribution in [2.45, 2.75) is 19.5 Å². The maximum atomic E-state index is 14.1. The second-order valence-electron chi connectivity index (χ2n) is 4.89. The molecule has 0 amide bonds. The first-order chi connectivity index (χ1) is 10.2. The first kappa shape index (κ1) is 15.7. The predicted octanol–water partition coefficient (Wildman–Crippen LogP) is 3.25. The van der Waals surface area contributed by atoms with E-state index in [1.165, 1.54) is 11.6 Å². The molecule has 0 spiro atoms. The van der Waals surface area contributed by atoms with Crippen molar-refractivity contribution in [2.24, 2.45) is 0 Å². The molecule has 2 aromatic rings. The number of aliphatic hydroxyl groups is 1. The molecule has 0 radical (unpaired) electrons. The first-order valence-corrected chi connectivity index (χ1v) is 7.71. The minimum absolute atomic E-state index is 0.0287. The number of aliphatic hydroxyl groups excluding tert-OH is 1. The lowest BCUT2D eigenvalue weighted by molar-refractivity contribution is 0.305. The van der Waals surface area contributed by atoms with E-state index in [0.29, 0.717) is 24.1 Å². The number of hydrogen-bond donors (Lipinski definition) is 1. The molecule has 1 aromatic heterocycles. The number of halogens is 1. The molecule has 0 aliphatic carbocycles. The van der Waals surface area contributed by atoms with Gasteiger partial charge in [0.05, 0.1) is 6.61 Å². The molecule has 4 heteroatoms. The van der Waals surface area contributed by atoms with Gasteiger partial charge in [-0.25, -0.2) is 4.39 Å². The Morgan fingerprint density at radius 2 is 2.14 bits per heavy atom. The van der Waals surface area contributed by atoms with Gasteiger partial charge in [0, 0.05) is 30.6 Å². The molecule has 110 valence electrons. The minimum atomic E-state index is -0.233. The SMILES string of the molecule is CN(Cc1ccsc1)Cc1ccc(C#CCCO)cc1F. The number of benzene rings is 1. The summed E-state index contributed by atoms with van der Waals surface area (Å²) in [4.78, 5) is 2.08. The summed E-state index contributed by atoms with van der Waals surface area (Å²) in [5.41, 5.74) is 2.56. The zero-order valence-corrected chi connectivity index (χ0v) is 12.8. The van der Waals surface area contributed by atoms with Gasteiger partial charge in [-0.15, -0.1) is 0 Å². The molecule has 0 saturated heterocycles. The Bertz CT molecular complexity index is 628. The maximum absolute atomic E-state index is 14.1. The lowest BCUT2D eigenvalue weighted by Crippen LogP contribution is -2.17. The summed E-state index contributed by atoms with van der Waals surface area (Å²) in [7, 11) is 1.98. The van der Waals surface area contributed by atoms with Gasteiger partial charge in [-0.1, -0.05) is 17.9 Å². The van der Waals surface area contributed by atoms with Crippen molar-refractivity contribution in [1.29, 1.82) is 0 Å². The largest absolute Gasteiger partial charge is 0.395 e. The number of rotatable bonds is 5. The summed E-state index contributed by atoms with van der Waals surface area (Å²) < 4.78 is 14.1. The molecule has 0 aliphatic rings. The molecule has 0 bridgehead atoms. The first-order valence-electron chi connectivity index (χ1n) is 6.77. The van der Waals surface area contributed by atoms with Gasteiger partial charge >= 0.3 is 0 Å². The van der Waals surface area contributed by atoms with E-state index < -0.39 is 0 Å². The van der Waals surface area contributed by atoms with Crippen molar-refractivity contribution in [1.82, 2.24) is 4.90 Å². The highest BCUT2D eigenvalue weighted by Crippen LogP contribution is 2.14. The quantitative estimate of drug-likeness (QED) is 0.857. The van der Waals surface area contributed by atoms with Crippen LogP contribution in [0.5, 0.6) is 0 Å². The second-order valence-corrected chi connectivity index (χ2v) is 5.67. The van der Waals surface area contributed by atoms with Crippen LogP contribution in [0.15, 0.2) is 35.0 Å². The standard InChI is InChI=1S/C17H18FNOS/c1-19(11-15-7-9-21-13-15)12-16-6-5-14(10-17(16)18)4-2-3-8-20/h5-7,9-10,13,20H,3,8,11-12H2,1H3. The van der Waals surface area contributed by atoms with Gasteiger partial charge in [0.2, 0.25) is 0 Å². The van der Waals surface area contributed by atoms with Crippen LogP contribution >= 0.6 is 11.3 Å². The fraction of sp³-hybridized carbons (Fsp3) is 0.294. The van der Waals surface area contributed by atoms with Gasteiger partial charge in [0.15, 0.2) is 0 Å². The molecule has 0 fully saturated rings. The van der Waals surface area contributed by atoms with E-state index in [0.717, 1.165) is 6.54 Å². The summed E-state index contributed by atoms with van der Waals surface area (Å²) in [6.07, 6.45) is 0.409. The van der Waals surface area contributed by atoms with Crippen LogP contribution in [0.3, 0.4) is 0 Å². The molecule has 0 saturated carbocycles. The smallest absolute Gasteiger partial charge is 0.128 e. The van der Waals surface area contributed by atoms with Crippen LogP contribution in [0.2, 0.25) is 0 Å². The van der Waals surface area contributed by atoms with Crippen molar-refractivity contribution in [3.05, 3.63) is 57.5 Å². The third kappa shape index (κ3) is 4.98. The maximum Gasteiger partial charge on any atom is 0.128 e. The monoisotopic (exact) mass is 303 g/mol. The lowest BCUT2D eigenvalue weighted by atomic mass is 10.1. The van der Waals surface area contributed by atoms with E-state index in [9.17, 15) is 4.39 Å². The normalized spacial score (nSPS) is 10.5. The van der Waals surface area contributed by atoms with E-state index in [4.69, 9.17) is 5.11 Å². The zero-order chi connectivity index (χ0) is 15.1. The molecular weight excluding hydrogens is 285 g/mol. The lowest BCUT2D eigenvalue weighted by Gasteiger charge is -2.16. The average Bonchev–Trinajstić information content (AvgIpc) is 2.95. The Morgan fingerprint density at radius 3 is 2.81 bits per heavy atom. The minimum Gasteiger partial charge on any atom is -0.395 e. The third-order valence-corrected chi connectivity index (χ3v) is 3.73. The third-order valence-electron chi connectivity index (χ3n) is 3.00. The Balaban J connectivity index is 1.99. The van der Waals surface area contributed by atoms with Crippen molar-refractivity contribution in [3.63, 3.8) is 0 Å². The van der Waals surface area contributed by atoms with Crippen LogP contribution in [0.25, 0.3) is 0 Å². The van der Waals surface area contributed by atoms with E-state index in [1.54, 1.807) is 17.4 Å². The molecule has 1 aromatic carbocycles. The van der Waals surface area contributed by atoms with Crippen molar-refractivity contribution >= 4 is 11.3 Å². The molecule has 0 unspecified atom stereocenters. The summed E-state index contributed by atoms with van der Waals surface area (Å²) >= 11 is 1.67. The average molecular weight is 303 g/mol. The molecule has 0 aliphatic heterocycles. The molecule has 1 heterocycles. The molecule has 0 atom stereocenters. The van der Waals surface area contributed by atoms with Crippen molar-refractivity contribution in [3.8, 4) is 11.8 Å². The summed E-state index contributed by atoms with van der Waals surface area (Å²) in [6.45, 7) is 1.40. The van der Waals surface area contributed by atoms with Gasteiger partial charge in [0.1, 0.15) is 5.82 Å². The Kier molecular flexibility index (Phi) is 5.94. The van der Waals surface area contributed by atoms with Gasteiger partial charge in [0.25, 0.3) is 0 Å². The van der Waals surface area contributed by atoms with Crippen LogP contribution in [0.1, 0.15) is 23.1 Å². The van der Waals surface area contributed by atoms with E-state index in [2.05, 4.69) is 28.2 Å². The van der Waals surface area contributed by atoms with Crippen LogP contribution in [-0.4, -0.2) is 23.7 Å². The van der Waals surface area contributed by atoms with Crippen molar-refractivity contribution < 1.29 is 9.50 Å². The van der Waals surface area contributed by atoms with Gasteiger partial charge in [-0.2, -0.15) is 11.3 Å². The zero-order valence-electron chi connectivity index (χ0n) is 12.0. The highest BCUT2D eigenvalue weighted by molar-refractivity contribution is 7.07. The highest BCUT2D eigenvalue weighted by atomic mass is 32.1. The molecular formula is C17H18FNOS. The summed E-state index contributed by atoms with van der Waals surface area (Å²) in [5.74, 6) is 5.40. The van der Waals surface area contributed by atoms with Crippen molar-refractivity contribution in [2.75, 3.05) is 13.7 Å². The van der Waals surface area contributed by atoms with Crippen LogP contribution in [0, 0.1) is 17.7 Å². The summed E-state index contributed by atoms with van der Waals surface area (Å²) in [6, 6.07) is 7.14. The fourth-order valence-electron chi connectivity index (χ4n) is 2.01. The molecule has 2 nitrogen and oxygen atoms in total. The number of nitrogens with zero attached hydrogens (tertiary/aromatic N) is 1. The van der Waals surface area contributed by atoms with E-state index in [1.807, 2.05) is 18.5 Å². The van der Waals surface area contributed by atoms with Crippen LogP contribution in [-0.2, 0) is 13.1 Å². The second kappa shape index (κ2) is 7.94. The molecule has 21 heavy (non-hydrogen) atoms. The molecule has 2 rings (SSSR count). The number of thiophene rings is 1. The van der Waals surface area contributed by atoms with Gasteiger partial charge < -0.3 is 5.11 Å². The Morgan fingerprint density at radius 1 is 1.29 bits per heavy atom.